The van der Waals surface area contributed by atoms with Gasteiger partial charge in [0.2, 0.25) is 11.8 Å². The first-order chi connectivity index (χ1) is 32.0. The molecule has 66 heavy (non-hydrogen) atoms. The van der Waals surface area contributed by atoms with Gasteiger partial charge in [-0.15, -0.1) is 0 Å². The van der Waals surface area contributed by atoms with Crippen LogP contribution in [0.2, 0.25) is 0 Å². The number of aromatic nitrogens is 5. The fraction of sp³-hybridized carbons (Fsp3) is 0.451. The normalized spacial score (nSPS) is 21.0. The maximum Gasteiger partial charge on any atom is 0.329 e. The van der Waals surface area contributed by atoms with Crippen molar-refractivity contribution >= 4 is 45.6 Å². The number of aryl methyl sites for hydroxylation is 2. The van der Waals surface area contributed by atoms with Crippen molar-refractivity contribution in [1.82, 2.24) is 48.6 Å². The zero-order valence-electron chi connectivity index (χ0n) is 38.4. The van der Waals surface area contributed by atoms with Crippen molar-refractivity contribution in [3.63, 3.8) is 0 Å². The van der Waals surface area contributed by atoms with E-state index >= 15 is 0 Å². The summed E-state index contributed by atoms with van der Waals surface area (Å²) in [4.78, 5) is 70.0. The zero-order valence-corrected chi connectivity index (χ0v) is 38.4. The average Bonchev–Trinajstić information content (AvgIpc) is 3.77. The molecule has 0 aliphatic carbocycles. The lowest BCUT2D eigenvalue weighted by Gasteiger charge is -2.42. The Morgan fingerprint density at radius 1 is 0.788 bits per heavy atom. The van der Waals surface area contributed by atoms with E-state index in [9.17, 15) is 19.2 Å². The summed E-state index contributed by atoms with van der Waals surface area (Å²) in [5, 5.41) is 3.51. The Hall–Kier alpha value is -6.16. The molecule has 15 heteroatoms. The monoisotopic (exact) mass is 891 g/mol. The predicted octanol–water partition coefficient (Wildman–Crippen LogP) is 5.29. The van der Waals surface area contributed by atoms with Crippen molar-refractivity contribution in [1.29, 1.82) is 0 Å². The average molecular weight is 892 g/mol. The number of nitrogens with two attached hydrogens (primary N) is 1. The number of benzene rings is 2. The van der Waals surface area contributed by atoms with Crippen LogP contribution in [0.25, 0.3) is 33.2 Å². The number of hydrogen-bond acceptors (Lipinski definition) is 10. The lowest BCUT2D eigenvalue weighted by atomic mass is 9.88. The third-order valence-corrected chi connectivity index (χ3v) is 15.1. The number of carbonyl (C=O) groups is 3. The number of fused-ring (bicyclic) bond motifs is 2. The number of nitrogens with one attached hydrogen (secondary N) is 1. The molecular weight excluding hydrogens is 831 g/mol. The standard InChI is InChI=1S/C51H61N11O4/c1-33-29-59(30-35-4-10-43-45(26-35)57(3)51(66)62(43)44-11-13-47(63)55-49(44)64)24-25-61(33)31-34-15-22-60(23-16-34)50(65)38-7-5-36(6-8-38)37-17-20-58(21-18-37)32-40-27-42-41(14-19-53-48(42)56(40)2)39-9-12-46(52)54-28-39/h4-10,12,14,19,26-28,33-34,37,44H,11,13,15-18,20-25,29-32H2,1-3H3,(H2,52,54)(H,55,63,64)/t33-,44-/m0/s1. The van der Waals surface area contributed by atoms with Crippen LogP contribution in [0.5, 0.6) is 0 Å². The summed E-state index contributed by atoms with van der Waals surface area (Å²) in [6.45, 7) is 11.5. The molecule has 4 fully saturated rings. The second-order valence-corrected chi connectivity index (χ2v) is 19.3. The summed E-state index contributed by atoms with van der Waals surface area (Å²) in [5.74, 6) is 0.989. The summed E-state index contributed by atoms with van der Waals surface area (Å²) >= 11 is 0. The van der Waals surface area contributed by atoms with Gasteiger partial charge in [-0.3, -0.25) is 43.5 Å². The number of likely N-dealkylation sites (tertiary alicyclic amines) is 2. The molecule has 4 saturated heterocycles. The lowest BCUT2D eigenvalue weighted by Crippen LogP contribution is -2.53. The number of amides is 3. The predicted molar refractivity (Wildman–Crippen MR) is 256 cm³/mol. The number of piperazine rings is 1. The molecule has 4 aromatic heterocycles. The van der Waals surface area contributed by atoms with Crippen molar-refractivity contribution in [3.05, 3.63) is 112 Å². The number of carbonyl (C=O) groups excluding carboxylic acids is 3. The highest BCUT2D eigenvalue weighted by Crippen LogP contribution is 2.33. The van der Waals surface area contributed by atoms with E-state index in [2.05, 4.69) is 78.8 Å². The van der Waals surface area contributed by atoms with E-state index < -0.39 is 11.9 Å². The molecule has 0 saturated carbocycles. The first kappa shape index (κ1) is 43.7. The number of pyridine rings is 2. The molecule has 0 unspecified atom stereocenters. The van der Waals surface area contributed by atoms with Gasteiger partial charge in [0.25, 0.3) is 5.91 Å². The smallest absolute Gasteiger partial charge is 0.329 e. The van der Waals surface area contributed by atoms with E-state index in [1.54, 1.807) is 11.6 Å². The van der Waals surface area contributed by atoms with Crippen molar-refractivity contribution < 1.29 is 14.4 Å². The van der Waals surface area contributed by atoms with Crippen molar-refractivity contribution in [2.24, 2.45) is 20.0 Å². The fourth-order valence-corrected chi connectivity index (χ4v) is 11.1. The number of imide groups is 1. The minimum absolute atomic E-state index is 0.142. The molecule has 0 spiro atoms. The van der Waals surface area contributed by atoms with Crippen LogP contribution in [-0.2, 0) is 36.8 Å². The summed E-state index contributed by atoms with van der Waals surface area (Å²) < 4.78 is 5.36. The Balaban J connectivity index is 0.673. The molecule has 6 aromatic rings. The van der Waals surface area contributed by atoms with Crippen molar-refractivity contribution in [3.8, 4) is 11.1 Å². The maximum atomic E-state index is 13.7. The van der Waals surface area contributed by atoms with Gasteiger partial charge in [0.15, 0.2) is 0 Å². The first-order valence-corrected chi connectivity index (χ1v) is 23.7. The molecule has 15 nitrogen and oxygen atoms in total. The topological polar surface area (TPSA) is 160 Å². The highest BCUT2D eigenvalue weighted by Gasteiger charge is 2.33. The lowest BCUT2D eigenvalue weighted by molar-refractivity contribution is -0.135. The maximum absolute atomic E-state index is 13.7. The number of rotatable bonds is 10. The molecule has 3 N–H and O–H groups in total. The van der Waals surface area contributed by atoms with E-state index in [-0.39, 0.29) is 23.9 Å². The Bertz CT molecular complexity index is 2830. The number of hydrogen-bond donors (Lipinski definition) is 2. The minimum Gasteiger partial charge on any atom is -0.384 e. The Kier molecular flexibility index (Phi) is 12.1. The molecule has 8 heterocycles. The second kappa shape index (κ2) is 18.3. The van der Waals surface area contributed by atoms with Gasteiger partial charge in [0.05, 0.1) is 11.0 Å². The van der Waals surface area contributed by atoms with Crippen LogP contribution in [0.4, 0.5) is 5.82 Å². The quantitative estimate of drug-likeness (QED) is 0.173. The third kappa shape index (κ3) is 8.67. The van der Waals surface area contributed by atoms with E-state index in [1.165, 1.54) is 15.8 Å². The van der Waals surface area contributed by atoms with Gasteiger partial charge in [-0.2, -0.15) is 0 Å². The van der Waals surface area contributed by atoms with Crippen LogP contribution in [0.3, 0.4) is 0 Å². The van der Waals surface area contributed by atoms with Gasteiger partial charge in [-0.1, -0.05) is 18.2 Å². The van der Waals surface area contributed by atoms with Crippen LogP contribution in [0.15, 0.2) is 83.9 Å². The largest absolute Gasteiger partial charge is 0.384 e. The summed E-state index contributed by atoms with van der Waals surface area (Å²) in [6.07, 6.45) is 8.44. The first-order valence-electron chi connectivity index (χ1n) is 23.7. The van der Waals surface area contributed by atoms with Crippen LogP contribution in [0, 0.1) is 5.92 Å². The molecule has 10 rings (SSSR count). The number of imidazole rings is 1. The Morgan fingerprint density at radius 3 is 2.30 bits per heavy atom. The molecule has 0 bridgehead atoms. The molecule has 2 atom stereocenters. The van der Waals surface area contributed by atoms with Crippen LogP contribution < -0.4 is 16.7 Å². The SMILES string of the molecule is C[C@H]1CN(Cc2ccc3c(c2)n(C)c(=O)n3[C@H]2CCC(=O)NC2=O)CCN1CC1CCN(C(=O)c2ccc(C3CCN(Cc4cc5c(-c6ccc(N)nc6)ccnc5n4C)CC3)cc2)CC1. The highest BCUT2D eigenvalue weighted by atomic mass is 16.2. The molecule has 3 amide bonds. The Morgan fingerprint density at radius 2 is 1.58 bits per heavy atom. The van der Waals surface area contributed by atoms with Gasteiger partial charge in [0.1, 0.15) is 17.5 Å². The molecular formula is C51H61N11O4. The van der Waals surface area contributed by atoms with E-state index in [4.69, 9.17) is 10.7 Å². The molecule has 0 radical (unpaired) electrons. The number of anilines is 1. The Labute approximate surface area is 385 Å². The third-order valence-electron chi connectivity index (χ3n) is 15.1. The minimum atomic E-state index is -0.686. The van der Waals surface area contributed by atoms with Gasteiger partial charge >= 0.3 is 5.69 Å². The van der Waals surface area contributed by atoms with Gasteiger partial charge in [-0.25, -0.2) is 14.8 Å². The van der Waals surface area contributed by atoms with Crippen molar-refractivity contribution in [2.45, 2.75) is 76.5 Å². The summed E-state index contributed by atoms with van der Waals surface area (Å²) in [6, 6.07) is 22.4. The summed E-state index contributed by atoms with van der Waals surface area (Å²) in [7, 11) is 3.84. The number of nitrogen functional groups attached to an aromatic ring is 1. The number of piperidine rings is 3. The van der Waals surface area contributed by atoms with Crippen LogP contribution in [-0.4, -0.2) is 119 Å². The van der Waals surface area contributed by atoms with E-state index in [1.807, 2.05) is 48.8 Å². The van der Waals surface area contributed by atoms with Gasteiger partial charge in [-0.05, 0) is 129 Å². The number of nitrogens with zero attached hydrogens (tertiary/aromatic N) is 9. The fourth-order valence-electron chi connectivity index (χ4n) is 11.1. The molecule has 4 aliphatic heterocycles. The van der Waals surface area contributed by atoms with E-state index in [0.717, 1.165) is 130 Å². The molecule has 344 valence electrons. The second-order valence-electron chi connectivity index (χ2n) is 19.3. The summed E-state index contributed by atoms with van der Waals surface area (Å²) in [5.41, 5.74) is 14.7. The zero-order chi connectivity index (χ0) is 45.6. The van der Waals surface area contributed by atoms with E-state index in [0.29, 0.717) is 35.6 Å². The van der Waals surface area contributed by atoms with Crippen molar-refractivity contribution in [2.75, 3.05) is 58.1 Å². The molecule has 2 aromatic carbocycles. The van der Waals surface area contributed by atoms with Crippen LogP contribution >= 0.6 is 0 Å². The molecule has 4 aliphatic rings. The highest BCUT2D eigenvalue weighted by molar-refractivity contribution is 6.00. The van der Waals surface area contributed by atoms with Crippen LogP contribution in [0.1, 0.15) is 84.6 Å². The van der Waals surface area contributed by atoms with Gasteiger partial charge in [0, 0.05) is 114 Å². The van der Waals surface area contributed by atoms with Gasteiger partial charge < -0.3 is 15.2 Å².